The Balaban J connectivity index is 2.82. The van der Waals surface area contributed by atoms with E-state index in [0.717, 1.165) is 4.57 Å². The zero-order valence-corrected chi connectivity index (χ0v) is 10.4. The predicted molar refractivity (Wildman–Crippen MR) is 61.6 cm³/mol. The van der Waals surface area contributed by atoms with Gasteiger partial charge in [-0.05, 0) is 6.92 Å². The normalized spacial score (nSPS) is 11.6. The van der Waals surface area contributed by atoms with Gasteiger partial charge in [-0.3, -0.25) is 4.57 Å². The molecule has 8 heteroatoms. The van der Waals surface area contributed by atoms with Crippen LogP contribution in [-0.2, 0) is 21.1 Å². The number of ether oxygens (including phenoxy) is 1. The van der Waals surface area contributed by atoms with E-state index >= 15 is 0 Å². The summed E-state index contributed by atoms with van der Waals surface area (Å²) in [6.07, 6.45) is 1.53. The second-order valence-electron chi connectivity index (χ2n) is 3.24. The maximum absolute atomic E-state index is 11.8. The Labute approximate surface area is 99.0 Å². The van der Waals surface area contributed by atoms with Crippen LogP contribution in [-0.4, -0.2) is 42.1 Å². The third kappa shape index (κ3) is 3.27. The molecule has 17 heavy (non-hydrogen) atoms. The van der Waals surface area contributed by atoms with Crippen molar-refractivity contribution in [1.82, 2.24) is 14.8 Å². The topological polar surface area (TPSA) is 94.1 Å². The lowest BCUT2D eigenvalue weighted by atomic mass is 10.7. The third-order valence-electron chi connectivity index (χ3n) is 2.05. The Morgan fingerprint density at radius 1 is 1.59 bits per heavy atom. The molecule has 0 bridgehead atoms. The molecular weight excluding hydrogens is 246 g/mol. The summed E-state index contributed by atoms with van der Waals surface area (Å²) < 4.78 is 29.8. The zero-order valence-electron chi connectivity index (χ0n) is 9.55. The van der Waals surface area contributed by atoms with E-state index < -0.39 is 15.5 Å². The van der Waals surface area contributed by atoms with E-state index in [9.17, 15) is 13.2 Å². The van der Waals surface area contributed by atoms with E-state index in [2.05, 4.69) is 16.8 Å². The molecule has 96 valence electrons. The summed E-state index contributed by atoms with van der Waals surface area (Å²) in [5.41, 5.74) is -0.530. The average molecular weight is 261 g/mol. The van der Waals surface area contributed by atoms with Crippen LogP contribution >= 0.6 is 0 Å². The first kappa shape index (κ1) is 13.7. The van der Waals surface area contributed by atoms with E-state index in [4.69, 9.17) is 4.74 Å². The summed E-state index contributed by atoms with van der Waals surface area (Å²) in [6.45, 7) is 5.69. The minimum atomic E-state index is -3.60. The first-order chi connectivity index (χ1) is 8.03. The van der Waals surface area contributed by atoms with Crippen LogP contribution in [0.15, 0.2) is 22.6 Å². The van der Waals surface area contributed by atoms with Crippen molar-refractivity contribution in [2.24, 2.45) is 0 Å². The van der Waals surface area contributed by atoms with Gasteiger partial charge >= 0.3 is 5.69 Å². The lowest BCUT2D eigenvalue weighted by Gasteiger charge is -2.04. The molecule has 0 aliphatic carbocycles. The Morgan fingerprint density at radius 3 is 2.88 bits per heavy atom. The number of H-pyrrole nitrogens is 1. The molecule has 7 nitrogen and oxygen atoms in total. The fraction of sp³-hybridized carbons (Fsp3) is 0.556. The molecule has 0 radical (unpaired) electrons. The summed E-state index contributed by atoms with van der Waals surface area (Å²) in [5, 5.41) is 5.39. The van der Waals surface area contributed by atoms with Crippen molar-refractivity contribution in [1.29, 1.82) is 0 Å². The monoisotopic (exact) mass is 261 g/mol. The van der Waals surface area contributed by atoms with Crippen LogP contribution in [0.3, 0.4) is 0 Å². The smallest absolute Gasteiger partial charge is 0.344 e. The highest BCUT2D eigenvalue weighted by Gasteiger charge is 2.22. The van der Waals surface area contributed by atoms with Gasteiger partial charge < -0.3 is 4.74 Å². The summed E-state index contributed by atoms with van der Waals surface area (Å²) in [4.78, 5) is 11.2. The lowest BCUT2D eigenvalue weighted by Crippen LogP contribution is -2.22. The van der Waals surface area contributed by atoms with Crippen molar-refractivity contribution in [3.05, 3.63) is 23.1 Å². The van der Waals surface area contributed by atoms with Crippen LogP contribution in [0.1, 0.15) is 6.92 Å². The Kier molecular flexibility index (Phi) is 4.64. The van der Waals surface area contributed by atoms with Gasteiger partial charge in [0, 0.05) is 6.54 Å². The van der Waals surface area contributed by atoms with Crippen molar-refractivity contribution >= 4 is 9.84 Å². The Hall–Kier alpha value is -1.41. The first-order valence-corrected chi connectivity index (χ1v) is 6.74. The van der Waals surface area contributed by atoms with Crippen LogP contribution in [0.25, 0.3) is 0 Å². The van der Waals surface area contributed by atoms with Crippen LogP contribution in [0.5, 0.6) is 0 Å². The summed E-state index contributed by atoms with van der Waals surface area (Å²) in [5.74, 6) is -0.217. The molecule has 0 aliphatic heterocycles. The second kappa shape index (κ2) is 5.78. The number of nitrogens with zero attached hydrogens (tertiary/aromatic N) is 2. The van der Waals surface area contributed by atoms with Gasteiger partial charge in [0.2, 0.25) is 15.0 Å². The lowest BCUT2D eigenvalue weighted by molar-refractivity contribution is 0.179. The highest BCUT2D eigenvalue weighted by Crippen LogP contribution is 2.04. The van der Waals surface area contributed by atoms with Crippen LogP contribution in [0.2, 0.25) is 0 Å². The highest BCUT2D eigenvalue weighted by molar-refractivity contribution is 7.91. The quantitative estimate of drug-likeness (QED) is 0.531. The van der Waals surface area contributed by atoms with Crippen molar-refractivity contribution in [2.75, 3.05) is 19.0 Å². The first-order valence-electron chi connectivity index (χ1n) is 5.09. The molecule has 0 saturated carbocycles. The number of sulfone groups is 1. The Morgan fingerprint density at radius 2 is 2.29 bits per heavy atom. The van der Waals surface area contributed by atoms with Gasteiger partial charge in [0.1, 0.15) is 0 Å². The Bertz CT molecular complexity index is 529. The minimum Gasteiger partial charge on any atom is -0.376 e. The summed E-state index contributed by atoms with van der Waals surface area (Å²) in [7, 11) is -3.60. The molecule has 0 spiro atoms. The third-order valence-corrected chi connectivity index (χ3v) is 3.62. The molecule has 0 aliphatic rings. The molecule has 1 aromatic heterocycles. The molecule has 0 aromatic carbocycles. The highest BCUT2D eigenvalue weighted by atomic mass is 32.2. The fourth-order valence-electron chi connectivity index (χ4n) is 1.25. The van der Waals surface area contributed by atoms with Crippen LogP contribution in [0, 0.1) is 0 Å². The number of rotatable bonds is 7. The van der Waals surface area contributed by atoms with Crippen LogP contribution in [0.4, 0.5) is 0 Å². The number of aromatic amines is 1. The van der Waals surface area contributed by atoms with Gasteiger partial charge in [0.25, 0.3) is 0 Å². The maximum Gasteiger partial charge on any atom is 0.344 e. The predicted octanol–water partition coefficient (Wildman–Crippen LogP) is -0.432. The van der Waals surface area contributed by atoms with Crippen LogP contribution < -0.4 is 5.69 Å². The molecular formula is C9H15N3O4S. The summed E-state index contributed by atoms with van der Waals surface area (Å²) in [6, 6.07) is 0. The molecule has 1 rings (SSSR count). The van der Waals surface area contributed by atoms with Crippen molar-refractivity contribution in [2.45, 2.75) is 18.6 Å². The van der Waals surface area contributed by atoms with E-state index in [0.29, 0.717) is 0 Å². The number of aromatic nitrogens is 3. The number of hydrogen-bond acceptors (Lipinski definition) is 5. The molecule has 1 heterocycles. The van der Waals surface area contributed by atoms with E-state index in [1.807, 2.05) is 0 Å². The van der Waals surface area contributed by atoms with Gasteiger partial charge in [0.15, 0.2) is 0 Å². The van der Waals surface area contributed by atoms with Crippen molar-refractivity contribution < 1.29 is 13.2 Å². The van der Waals surface area contributed by atoms with Gasteiger partial charge in [0.05, 0.1) is 19.0 Å². The molecule has 0 unspecified atom stereocenters. The molecule has 0 fully saturated rings. The van der Waals surface area contributed by atoms with Gasteiger partial charge in [-0.1, -0.05) is 6.08 Å². The van der Waals surface area contributed by atoms with Crippen molar-refractivity contribution in [3.63, 3.8) is 0 Å². The zero-order chi connectivity index (χ0) is 12.9. The largest absolute Gasteiger partial charge is 0.376 e. The van der Waals surface area contributed by atoms with Gasteiger partial charge in [-0.15, -0.1) is 11.7 Å². The second-order valence-corrected chi connectivity index (χ2v) is 5.24. The molecule has 0 atom stereocenters. The molecule has 1 aromatic rings. The standard InChI is InChI=1S/C9H15N3O4S/c1-3-5-16-6-7-17(14,15)9-11-10-8(13)12(9)4-2/h3H,1,4-7H2,2H3,(H,10,13). The fourth-order valence-corrected chi connectivity index (χ4v) is 2.50. The van der Waals surface area contributed by atoms with E-state index in [1.165, 1.54) is 6.08 Å². The van der Waals surface area contributed by atoms with Gasteiger partial charge in [-0.2, -0.15) is 0 Å². The average Bonchev–Trinajstić information content (AvgIpc) is 2.66. The van der Waals surface area contributed by atoms with E-state index in [-0.39, 0.29) is 30.7 Å². The number of nitrogens with one attached hydrogen (secondary N) is 1. The SMILES string of the molecule is C=CCOCCS(=O)(=O)c1n[nH]c(=O)n1CC. The minimum absolute atomic E-state index is 0.0408. The molecule has 0 saturated heterocycles. The molecule has 1 N–H and O–H groups in total. The number of hydrogen-bond donors (Lipinski definition) is 1. The maximum atomic E-state index is 11.8. The van der Waals surface area contributed by atoms with Crippen molar-refractivity contribution in [3.8, 4) is 0 Å². The van der Waals surface area contributed by atoms with Gasteiger partial charge in [-0.25, -0.2) is 18.3 Å². The molecule has 0 amide bonds. The van der Waals surface area contributed by atoms with E-state index in [1.54, 1.807) is 6.92 Å². The summed E-state index contributed by atoms with van der Waals surface area (Å²) >= 11 is 0.